The highest BCUT2D eigenvalue weighted by Gasteiger charge is 2.33. The largest absolute Gasteiger partial charge is 0.342 e. The molecule has 18 heavy (non-hydrogen) atoms. The van der Waals surface area contributed by atoms with Gasteiger partial charge in [0.2, 0.25) is 5.91 Å². The Kier molecular flexibility index (Phi) is 5.89. The van der Waals surface area contributed by atoms with Crippen molar-refractivity contribution in [3.05, 3.63) is 0 Å². The van der Waals surface area contributed by atoms with Gasteiger partial charge in [-0.1, -0.05) is 0 Å². The molecule has 2 rings (SSSR count). The van der Waals surface area contributed by atoms with Gasteiger partial charge in [-0.05, 0) is 39.2 Å². The van der Waals surface area contributed by atoms with E-state index in [9.17, 15) is 4.79 Å². The summed E-state index contributed by atoms with van der Waals surface area (Å²) in [6, 6.07) is 1.01. The number of piperidine rings is 1. The highest BCUT2D eigenvalue weighted by Crippen LogP contribution is 2.24. The van der Waals surface area contributed by atoms with Crippen LogP contribution in [-0.2, 0) is 4.79 Å². The molecule has 0 aromatic heterocycles. The molecule has 1 amide bonds. The van der Waals surface area contributed by atoms with Gasteiger partial charge >= 0.3 is 0 Å². The monoisotopic (exact) mass is 275 g/mol. The van der Waals surface area contributed by atoms with Crippen LogP contribution in [-0.4, -0.2) is 61.0 Å². The number of rotatable bonds is 3. The molecule has 0 aliphatic carbocycles. The smallest absolute Gasteiger partial charge is 0.236 e. The number of carbonyl (C=O) groups excluding carboxylic acids is 1. The van der Waals surface area contributed by atoms with Crippen molar-refractivity contribution >= 4 is 18.3 Å². The maximum Gasteiger partial charge on any atom is 0.236 e. The number of likely N-dealkylation sites (tertiary alicyclic amines) is 1. The molecular weight excluding hydrogens is 250 g/mol. The summed E-state index contributed by atoms with van der Waals surface area (Å²) >= 11 is 0. The second kappa shape index (κ2) is 6.73. The van der Waals surface area contributed by atoms with E-state index < -0.39 is 0 Å². The molecule has 0 bridgehead atoms. The predicted molar refractivity (Wildman–Crippen MR) is 76.1 cm³/mol. The highest BCUT2D eigenvalue weighted by atomic mass is 35.5. The van der Waals surface area contributed by atoms with Crippen LogP contribution in [0.3, 0.4) is 0 Å². The van der Waals surface area contributed by atoms with Gasteiger partial charge in [-0.2, -0.15) is 0 Å². The lowest BCUT2D eigenvalue weighted by Gasteiger charge is -2.35. The van der Waals surface area contributed by atoms with Crippen LogP contribution in [0, 0.1) is 5.92 Å². The van der Waals surface area contributed by atoms with Crippen LogP contribution >= 0.6 is 12.4 Å². The van der Waals surface area contributed by atoms with Crippen molar-refractivity contribution in [1.29, 1.82) is 0 Å². The summed E-state index contributed by atoms with van der Waals surface area (Å²) in [6.07, 6.45) is 2.47. The maximum absolute atomic E-state index is 12.0. The molecule has 0 spiro atoms. The van der Waals surface area contributed by atoms with Crippen LogP contribution in [0.25, 0.3) is 0 Å². The molecule has 2 saturated heterocycles. The number of likely N-dealkylation sites (N-methyl/N-ethyl adjacent to an activating group) is 1. The number of hydrogen-bond donors (Lipinski definition) is 1. The lowest BCUT2D eigenvalue weighted by molar-refractivity contribution is -0.133. The van der Waals surface area contributed by atoms with E-state index in [-0.39, 0.29) is 18.3 Å². The third kappa shape index (κ3) is 3.59. The lowest BCUT2D eigenvalue weighted by atomic mass is 9.93. The van der Waals surface area contributed by atoms with Crippen LogP contribution in [0.5, 0.6) is 0 Å². The van der Waals surface area contributed by atoms with Crippen LogP contribution in [0.2, 0.25) is 0 Å². The Bertz CT molecular complexity index is 285. The number of fused-ring (bicyclic) bond motifs is 1. The summed E-state index contributed by atoms with van der Waals surface area (Å²) < 4.78 is 0. The average molecular weight is 276 g/mol. The van der Waals surface area contributed by atoms with Crippen LogP contribution in [0.1, 0.15) is 26.7 Å². The van der Waals surface area contributed by atoms with Gasteiger partial charge in [0.1, 0.15) is 0 Å². The fourth-order valence-corrected chi connectivity index (χ4v) is 2.86. The van der Waals surface area contributed by atoms with E-state index in [0.29, 0.717) is 18.6 Å². The highest BCUT2D eigenvalue weighted by molar-refractivity contribution is 5.85. The van der Waals surface area contributed by atoms with E-state index in [1.165, 1.54) is 12.8 Å². The molecule has 2 atom stereocenters. The number of amides is 1. The predicted octanol–water partition coefficient (Wildman–Crippen LogP) is 0.959. The lowest BCUT2D eigenvalue weighted by Crippen LogP contribution is -2.48. The fourth-order valence-electron chi connectivity index (χ4n) is 2.86. The molecule has 1 N–H and O–H groups in total. The SMILES string of the molecule is CC(C)N(C)C(=O)CN1CCC2NCCC2C1.Cl. The van der Waals surface area contributed by atoms with Crippen molar-refractivity contribution in [3.63, 3.8) is 0 Å². The number of hydrogen-bond acceptors (Lipinski definition) is 3. The van der Waals surface area contributed by atoms with Crippen molar-refractivity contribution in [2.45, 2.75) is 38.8 Å². The molecule has 0 saturated carbocycles. The minimum atomic E-state index is 0. The number of carbonyl (C=O) groups is 1. The number of nitrogens with zero attached hydrogens (tertiary/aromatic N) is 2. The molecule has 2 fully saturated rings. The van der Waals surface area contributed by atoms with Gasteiger partial charge < -0.3 is 10.2 Å². The number of nitrogens with one attached hydrogen (secondary N) is 1. The molecule has 0 aromatic carbocycles. The van der Waals surface area contributed by atoms with Gasteiger partial charge in [0.05, 0.1) is 6.54 Å². The van der Waals surface area contributed by atoms with Crippen LogP contribution in [0.15, 0.2) is 0 Å². The second-order valence-corrected chi connectivity index (χ2v) is 5.73. The van der Waals surface area contributed by atoms with Crippen molar-refractivity contribution in [1.82, 2.24) is 15.1 Å². The van der Waals surface area contributed by atoms with Crippen LogP contribution < -0.4 is 5.32 Å². The first-order valence-corrected chi connectivity index (χ1v) is 6.79. The topological polar surface area (TPSA) is 35.6 Å². The van der Waals surface area contributed by atoms with Gasteiger partial charge in [-0.15, -0.1) is 12.4 Å². The summed E-state index contributed by atoms with van der Waals surface area (Å²) in [7, 11) is 1.90. The first-order valence-electron chi connectivity index (χ1n) is 6.79. The van der Waals surface area contributed by atoms with E-state index in [4.69, 9.17) is 0 Å². The summed E-state index contributed by atoms with van der Waals surface area (Å²) in [5.74, 6) is 1.02. The van der Waals surface area contributed by atoms with Gasteiger partial charge in [0.15, 0.2) is 0 Å². The number of halogens is 1. The molecule has 4 nitrogen and oxygen atoms in total. The average Bonchev–Trinajstić information content (AvgIpc) is 2.74. The molecule has 2 heterocycles. The molecule has 2 unspecified atom stereocenters. The zero-order chi connectivity index (χ0) is 12.4. The first kappa shape index (κ1) is 15.7. The molecule has 5 heteroatoms. The van der Waals surface area contributed by atoms with E-state index >= 15 is 0 Å². The van der Waals surface area contributed by atoms with Gasteiger partial charge in [0, 0.05) is 32.2 Å². The Morgan fingerprint density at radius 2 is 2.17 bits per heavy atom. The summed E-state index contributed by atoms with van der Waals surface area (Å²) in [6.45, 7) is 8.03. The Morgan fingerprint density at radius 1 is 1.44 bits per heavy atom. The van der Waals surface area contributed by atoms with Gasteiger partial charge in [-0.3, -0.25) is 9.69 Å². The molecular formula is C13H26ClN3O. The Labute approximate surface area is 116 Å². The zero-order valence-electron chi connectivity index (χ0n) is 11.7. The van der Waals surface area contributed by atoms with Crippen molar-refractivity contribution in [2.24, 2.45) is 5.92 Å². The summed E-state index contributed by atoms with van der Waals surface area (Å²) in [4.78, 5) is 16.2. The van der Waals surface area contributed by atoms with E-state index in [1.807, 2.05) is 11.9 Å². The van der Waals surface area contributed by atoms with E-state index in [1.54, 1.807) is 0 Å². The zero-order valence-corrected chi connectivity index (χ0v) is 12.5. The summed E-state index contributed by atoms with van der Waals surface area (Å²) in [5, 5.41) is 3.55. The van der Waals surface area contributed by atoms with Gasteiger partial charge in [-0.25, -0.2) is 0 Å². The molecule has 0 aromatic rings. The van der Waals surface area contributed by atoms with E-state index in [0.717, 1.165) is 25.6 Å². The Hall–Kier alpha value is -0.320. The van der Waals surface area contributed by atoms with Gasteiger partial charge in [0.25, 0.3) is 0 Å². The molecule has 2 aliphatic heterocycles. The normalized spacial score (nSPS) is 27.8. The summed E-state index contributed by atoms with van der Waals surface area (Å²) in [5.41, 5.74) is 0. The first-order chi connectivity index (χ1) is 8.08. The maximum atomic E-state index is 12.0. The molecule has 106 valence electrons. The molecule has 0 radical (unpaired) electrons. The van der Waals surface area contributed by atoms with Crippen molar-refractivity contribution in [3.8, 4) is 0 Å². The second-order valence-electron chi connectivity index (χ2n) is 5.73. The fraction of sp³-hybridized carbons (Fsp3) is 0.923. The standard InChI is InChI=1S/C13H25N3O.ClH/c1-10(2)15(3)13(17)9-16-7-5-12-11(8-16)4-6-14-12;/h10-12,14H,4-9H2,1-3H3;1H. The third-order valence-corrected chi connectivity index (χ3v) is 4.27. The Morgan fingerprint density at radius 3 is 2.83 bits per heavy atom. The van der Waals surface area contributed by atoms with E-state index in [2.05, 4.69) is 24.1 Å². The third-order valence-electron chi connectivity index (χ3n) is 4.27. The Balaban J connectivity index is 0.00000162. The van der Waals surface area contributed by atoms with Crippen LogP contribution in [0.4, 0.5) is 0 Å². The minimum absolute atomic E-state index is 0. The quantitative estimate of drug-likeness (QED) is 0.833. The molecule has 2 aliphatic rings. The van der Waals surface area contributed by atoms with Crippen molar-refractivity contribution in [2.75, 3.05) is 33.2 Å². The van der Waals surface area contributed by atoms with Crippen molar-refractivity contribution < 1.29 is 4.79 Å². The minimum Gasteiger partial charge on any atom is -0.342 e.